The Morgan fingerprint density at radius 1 is 1.50 bits per heavy atom. The van der Waals surface area contributed by atoms with Crippen molar-refractivity contribution in [1.82, 2.24) is 0 Å². The molecule has 0 aliphatic rings. The average Bonchev–Trinajstić information content (AvgIpc) is 2.36. The van der Waals surface area contributed by atoms with Gasteiger partial charge in [-0.1, -0.05) is 6.07 Å². The summed E-state index contributed by atoms with van der Waals surface area (Å²) in [5, 5.41) is 37.5. The van der Waals surface area contributed by atoms with Gasteiger partial charge >= 0.3 is 18.3 Å². The molecule has 0 spiro atoms. The number of aliphatic hydroxyl groups excluding tert-OH is 1. The Bertz CT molecular complexity index is 598. The summed E-state index contributed by atoms with van der Waals surface area (Å²) in [6, 6.07) is 3.02. The number of carboxylic acid groups (broad SMARTS) is 1. The number of hydrogen-bond donors (Lipinski definition) is 2. The Morgan fingerprint density at radius 3 is 2.50 bits per heavy atom. The third-order valence-corrected chi connectivity index (χ3v) is 2.20. The summed E-state index contributed by atoms with van der Waals surface area (Å²) in [6.45, 7) is -3.50. The van der Waals surface area contributed by atoms with E-state index in [1.54, 1.807) is 0 Å². The highest BCUT2D eigenvalue weighted by atomic mass is 19.3. The Balaban J connectivity index is 3.61. The van der Waals surface area contributed by atoms with Gasteiger partial charge in [0.2, 0.25) is 5.75 Å². The van der Waals surface area contributed by atoms with Crippen LogP contribution in [0.5, 0.6) is 5.75 Å². The van der Waals surface area contributed by atoms with Gasteiger partial charge in [-0.2, -0.15) is 14.0 Å². The lowest BCUT2D eigenvalue weighted by atomic mass is 10.0. The lowest BCUT2D eigenvalue weighted by Gasteiger charge is -2.13. The molecule has 0 aliphatic heterocycles. The first kappa shape index (κ1) is 15.3. The van der Waals surface area contributed by atoms with Crippen molar-refractivity contribution in [2.45, 2.75) is 12.7 Å². The molecule has 0 radical (unpaired) electrons. The molecule has 0 amide bonds. The van der Waals surface area contributed by atoms with Crippen LogP contribution in [0.3, 0.4) is 0 Å². The third-order valence-electron chi connectivity index (χ3n) is 2.20. The molecular formula is C10H6F2N2O6. The first-order chi connectivity index (χ1) is 9.29. The number of rotatable bonds is 5. The predicted octanol–water partition coefficient (Wildman–Crippen LogP) is 1.19. The summed E-state index contributed by atoms with van der Waals surface area (Å²) in [5.41, 5.74) is -2.49. The quantitative estimate of drug-likeness (QED) is 0.613. The van der Waals surface area contributed by atoms with E-state index in [0.717, 1.165) is 12.1 Å². The molecule has 106 valence electrons. The third kappa shape index (κ3) is 2.96. The molecule has 8 nitrogen and oxygen atoms in total. The molecule has 0 heterocycles. The van der Waals surface area contributed by atoms with Crippen LogP contribution in [0.15, 0.2) is 12.1 Å². The van der Waals surface area contributed by atoms with Crippen LogP contribution < -0.4 is 4.74 Å². The fourth-order valence-corrected chi connectivity index (χ4v) is 1.42. The molecule has 0 aromatic heterocycles. The Morgan fingerprint density at radius 2 is 2.10 bits per heavy atom. The zero-order chi connectivity index (χ0) is 15.4. The van der Waals surface area contributed by atoms with E-state index < -0.39 is 46.2 Å². The molecule has 0 saturated carbocycles. The van der Waals surface area contributed by atoms with E-state index in [1.807, 2.05) is 0 Å². The summed E-state index contributed by atoms with van der Waals surface area (Å²) < 4.78 is 28.5. The van der Waals surface area contributed by atoms with Gasteiger partial charge in [-0.05, 0) is 6.07 Å². The first-order valence-corrected chi connectivity index (χ1v) is 4.86. The summed E-state index contributed by atoms with van der Waals surface area (Å²) in [4.78, 5) is 20.3. The molecule has 0 aliphatic carbocycles. The van der Waals surface area contributed by atoms with Crippen molar-refractivity contribution in [2.75, 3.05) is 0 Å². The van der Waals surface area contributed by atoms with Crippen molar-refractivity contribution in [3.63, 3.8) is 0 Å². The van der Waals surface area contributed by atoms with Crippen molar-refractivity contribution in [2.24, 2.45) is 0 Å². The van der Waals surface area contributed by atoms with Crippen LogP contribution in [0, 0.1) is 21.4 Å². The highest BCUT2D eigenvalue weighted by Gasteiger charge is 2.32. The Kier molecular flexibility index (Phi) is 4.50. The van der Waals surface area contributed by atoms with Crippen molar-refractivity contribution < 1.29 is 33.4 Å². The smallest absolute Gasteiger partial charge is 0.387 e. The number of halogens is 2. The molecule has 1 unspecified atom stereocenters. The van der Waals surface area contributed by atoms with Gasteiger partial charge in [0.1, 0.15) is 11.6 Å². The predicted molar refractivity (Wildman–Crippen MR) is 57.0 cm³/mol. The molecule has 0 saturated heterocycles. The number of alkyl halides is 2. The van der Waals surface area contributed by atoms with E-state index in [0.29, 0.717) is 0 Å². The van der Waals surface area contributed by atoms with Crippen LogP contribution in [0.2, 0.25) is 0 Å². The van der Waals surface area contributed by atoms with Gasteiger partial charge in [0.15, 0.2) is 6.10 Å². The Hall–Kier alpha value is -2.80. The van der Waals surface area contributed by atoms with Crippen molar-refractivity contribution in [3.05, 3.63) is 33.4 Å². The molecule has 2 N–H and O–H groups in total. The van der Waals surface area contributed by atoms with E-state index in [1.165, 1.54) is 6.07 Å². The number of nitrogens with zero attached hydrogens (tertiary/aromatic N) is 2. The van der Waals surface area contributed by atoms with E-state index in [4.69, 9.17) is 10.4 Å². The monoisotopic (exact) mass is 288 g/mol. The number of nitro groups is 1. The fourth-order valence-electron chi connectivity index (χ4n) is 1.42. The molecular weight excluding hydrogens is 282 g/mol. The molecule has 20 heavy (non-hydrogen) atoms. The number of aliphatic hydroxyl groups is 1. The second-order valence-corrected chi connectivity index (χ2v) is 3.37. The molecule has 0 fully saturated rings. The number of nitriles is 1. The second kappa shape index (κ2) is 5.89. The fraction of sp³-hybridized carbons (Fsp3) is 0.200. The normalized spacial score (nSPS) is 11.8. The minimum Gasteiger partial charge on any atom is -0.479 e. The maximum atomic E-state index is 12.3. The van der Waals surface area contributed by atoms with Gasteiger partial charge in [-0.25, -0.2) is 4.79 Å². The molecule has 1 aromatic carbocycles. The van der Waals surface area contributed by atoms with Crippen molar-refractivity contribution in [3.8, 4) is 11.8 Å². The molecule has 10 heteroatoms. The van der Waals surface area contributed by atoms with Gasteiger partial charge in [-0.3, -0.25) is 10.1 Å². The highest BCUT2D eigenvalue weighted by Crippen LogP contribution is 2.38. The Labute approximate surface area is 109 Å². The number of benzene rings is 1. The zero-order valence-corrected chi connectivity index (χ0v) is 9.49. The molecule has 1 atom stereocenters. The minimum atomic E-state index is -3.50. The number of carbonyl (C=O) groups is 1. The van der Waals surface area contributed by atoms with E-state index in [2.05, 4.69) is 4.74 Å². The number of nitro benzene ring substituents is 1. The summed E-state index contributed by atoms with van der Waals surface area (Å²) in [7, 11) is 0. The summed E-state index contributed by atoms with van der Waals surface area (Å²) >= 11 is 0. The molecule has 1 aromatic rings. The second-order valence-electron chi connectivity index (χ2n) is 3.37. The van der Waals surface area contributed by atoms with E-state index in [9.17, 15) is 28.8 Å². The SMILES string of the molecule is N#Cc1ccc(C(O)C(=O)O)c(OC(F)F)c1[N+](=O)[O-]. The topological polar surface area (TPSA) is 134 Å². The zero-order valence-electron chi connectivity index (χ0n) is 9.49. The summed E-state index contributed by atoms with van der Waals surface area (Å²) in [6.07, 6.45) is -2.31. The van der Waals surface area contributed by atoms with Crippen LogP contribution >= 0.6 is 0 Å². The van der Waals surface area contributed by atoms with Crippen LogP contribution in [0.4, 0.5) is 14.5 Å². The maximum absolute atomic E-state index is 12.3. The van der Waals surface area contributed by atoms with Crippen LogP contribution in [-0.4, -0.2) is 27.7 Å². The lowest BCUT2D eigenvalue weighted by Crippen LogP contribution is -2.15. The lowest BCUT2D eigenvalue weighted by molar-refractivity contribution is -0.386. The first-order valence-electron chi connectivity index (χ1n) is 4.86. The van der Waals surface area contributed by atoms with Gasteiger partial charge in [-0.15, -0.1) is 0 Å². The van der Waals surface area contributed by atoms with Crippen LogP contribution in [0.25, 0.3) is 0 Å². The van der Waals surface area contributed by atoms with Crippen molar-refractivity contribution >= 4 is 11.7 Å². The van der Waals surface area contributed by atoms with Gasteiger partial charge in [0, 0.05) is 5.56 Å². The van der Waals surface area contributed by atoms with Gasteiger partial charge in [0.05, 0.1) is 4.92 Å². The maximum Gasteiger partial charge on any atom is 0.387 e. The van der Waals surface area contributed by atoms with Crippen LogP contribution in [-0.2, 0) is 4.79 Å². The number of aliphatic carboxylic acids is 1. The van der Waals surface area contributed by atoms with Gasteiger partial charge in [0.25, 0.3) is 0 Å². The molecule has 1 rings (SSSR count). The number of ether oxygens (including phenoxy) is 1. The minimum absolute atomic E-state index is 0.605. The van der Waals surface area contributed by atoms with Gasteiger partial charge < -0.3 is 14.9 Å². The highest BCUT2D eigenvalue weighted by molar-refractivity contribution is 5.77. The number of hydrogen-bond acceptors (Lipinski definition) is 6. The number of carboxylic acids is 1. The standard InChI is InChI=1S/C10H6F2N2O6/c11-10(12)20-8-5(7(15)9(16)17)2-1-4(3-13)6(8)14(18)19/h1-2,7,10,15H,(H,16,17). The molecule has 0 bridgehead atoms. The largest absolute Gasteiger partial charge is 0.479 e. The van der Waals surface area contributed by atoms with E-state index in [-0.39, 0.29) is 0 Å². The average molecular weight is 288 g/mol. The van der Waals surface area contributed by atoms with E-state index >= 15 is 0 Å². The van der Waals surface area contributed by atoms with Crippen LogP contribution in [0.1, 0.15) is 17.2 Å². The van der Waals surface area contributed by atoms with Crippen molar-refractivity contribution in [1.29, 1.82) is 5.26 Å². The summed E-state index contributed by atoms with van der Waals surface area (Å²) in [5.74, 6) is -2.97.